The van der Waals surface area contributed by atoms with E-state index in [0.29, 0.717) is 16.6 Å². The Morgan fingerprint density at radius 3 is 2.40 bits per heavy atom. The number of carbonyl (C=O) groups excluding carboxylic acids is 2. The molecular weight excluding hydrogens is 456 g/mol. The van der Waals surface area contributed by atoms with Gasteiger partial charge in [-0.1, -0.05) is 92.8 Å². The van der Waals surface area contributed by atoms with Crippen molar-refractivity contribution in [1.82, 2.24) is 4.98 Å². The summed E-state index contributed by atoms with van der Waals surface area (Å²) in [7, 11) is 0. The molecule has 4 aromatic rings. The number of thiazole rings is 1. The van der Waals surface area contributed by atoms with E-state index in [1.165, 1.54) is 21.8 Å². The predicted molar refractivity (Wildman–Crippen MR) is 141 cm³/mol. The van der Waals surface area contributed by atoms with Gasteiger partial charge in [0.2, 0.25) is 0 Å². The van der Waals surface area contributed by atoms with E-state index in [-0.39, 0.29) is 11.3 Å². The number of aryl methyl sites for hydroxylation is 1. The number of carbonyl (C=O) groups is 2. The highest BCUT2D eigenvalue weighted by molar-refractivity contribution is 7.22. The van der Waals surface area contributed by atoms with Gasteiger partial charge in [-0.3, -0.25) is 14.5 Å². The Morgan fingerprint density at radius 2 is 1.74 bits per heavy atom. The third-order valence-corrected chi connectivity index (χ3v) is 7.48. The molecule has 0 unspecified atom stereocenters. The summed E-state index contributed by atoms with van der Waals surface area (Å²) in [5.41, 5.74) is 4.43. The Morgan fingerprint density at radius 1 is 1.03 bits per heavy atom. The van der Waals surface area contributed by atoms with Crippen LogP contribution in [0.15, 0.2) is 78.4 Å². The van der Waals surface area contributed by atoms with Gasteiger partial charge in [0, 0.05) is 5.56 Å². The number of anilines is 1. The number of rotatable bonds is 5. The lowest BCUT2D eigenvalue weighted by molar-refractivity contribution is -0.132. The van der Waals surface area contributed by atoms with Gasteiger partial charge >= 0.3 is 5.91 Å². The number of hydrogen-bond donors (Lipinski definition) is 1. The van der Waals surface area contributed by atoms with Crippen LogP contribution in [0.5, 0.6) is 0 Å². The van der Waals surface area contributed by atoms with Gasteiger partial charge in [-0.15, -0.1) is 0 Å². The highest BCUT2D eigenvalue weighted by Gasteiger charge is 2.48. The molecule has 6 heteroatoms. The Balaban J connectivity index is 1.70. The highest BCUT2D eigenvalue weighted by atomic mass is 32.1. The Kier molecular flexibility index (Phi) is 5.99. The number of amides is 1. The number of fused-ring (bicyclic) bond motifs is 1. The first-order valence-electron chi connectivity index (χ1n) is 11.7. The van der Waals surface area contributed by atoms with Crippen LogP contribution in [0.1, 0.15) is 55.0 Å². The summed E-state index contributed by atoms with van der Waals surface area (Å²) in [4.78, 5) is 32.9. The molecule has 0 saturated carbocycles. The molecule has 1 aliphatic heterocycles. The van der Waals surface area contributed by atoms with Gasteiger partial charge in [0.05, 0.1) is 21.8 Å². The molecule has 35 heavy (non-hydrogen) atoms. The average molecular weight is 483 g/mol. The van der Waals surface area contributed by atoms with Crippen molar-refractivity contribution in [2.45, 2.75) is 39.2 Å². The molecule has 1 saturated heterocycles. The molecule has 5 rings (SSSR count). The lowest BCUT2D eigenvalue weighted by Gasteiger charge is -2.23. The van der Waals surface area contributed by atoms with E-state index in [9.17, 15) is 14.7 Å². The third kappa shape index (κ3) is 4.04. The van der Waals surface area contributed by atoms with Crippen LogP contribution in [0.4, 0.5) is 5.13 Å². The Hall–Kier alpha value is -3.77. The van der Waals surface area contributed by atoms with E-state index in [1.54, 1.807) is 24.3 Å². The molecule has 0 aliphatic carbocycles. The van der Waals surface area contributed by atoms with E-state index < -0.39 is 17.7 Å². The van der Waals surface area contributed by atoms with Crippen LogP contribution in [0.3, 0.4) is 0 Å². The normalized spacial score (nSPS) is 17.6. The number of hydrogen-bond acceptors (Lipinski definition) is 5. The standard InChI is InChI=1S/C29H26N2O3S/c1-4-18-10-15-22-23(16-18)35-29(30-22)31-25(20-13-11-19(12-14-20)17(2)3)24(27(33)28(31)34)26(32)21-8-6-5-7-9-21/h5-17,25,32H,4H2,1-3H3/b26-24+/t25-/m0/s1. The minimum Gasteiger partial charge on any atom is -0.507 e. The molecule has 176 valence electrons. The predicted octanol–water partition coefficient (Wildman–Crippen LogP) is 6.61. The van der Waals surface area contributed by atoms with Gasteiger partial charge in [0.25, 0.3) is 5.78 Å². The maximum Gasteiger partial charge on any atom is 0.301 e. The van der Waals surface area contributed by atoms with Gasteiger partial charge in [-0.05, 0) is 41.2 Å². The second-order valence-corrected chi connectivity index (χ2v) is 10.0. The van der Waals surface area contributed by atoms with Crippen molar-refractivity contribution in [2.75, 3.05) is 4.90 Å². The zero-order valence-electron chi connectivity index (χ0n) is 19.9. The van der Waals surface area contributed by atoms with Crippen LogP contribution >= 0.6 is 11.3 Å². The van der Waals surface area contributed by atoms with Crippen LogP contribution < -0.4 is 4.90 Å². The molecule has 1 amide bonds. The first-order chi connectivity index (χ1) is 16.9. The third-order valence-electron chi connectivity index (χ3n) is 6.47. The first-order valence-corrected chi connectivity index (χ1v) is 12.6. The molecule has 5 nitrogen and oxygen atoms in total. The van der Waals surface area contributed by atoms with Crippen LogP contribution in [0, 0.1) is 0 Å². The molecule has 0 radical (unpaired) electrons. The van der Waals surface area contributed by atoms with Gasteiger partial charge in [0.15, 0.2) is 5.13 Å². The second kappa shape index (κ2) is 9.12. The van der Waals surface area contributed by atoms with Crippen LogP contribution in [0.25, 0.3) is 16.0 Å². The fraction of sp³-hybridized carbons (Fsp3) is 0.207. The maximum absolute atomic E-state index is 13.4. The number of aliphatic hydroxyl groups excluding tert-OH is 1. The average Bonchev–Trinajstić information content (AvgIpc) is 3.41. The topological polar surface area (TPSA) is 70.5 Å². The van der Waals surface area contributed by atoms with Crippen LogP contribution in [-0.2, 0) is 16.0 Å². The summed E-state index contributed by atoms with van der Waals surface area (Å²) in [5, 5.41) is 11.7. The lowest BCUT2D eigenvalue weighted by Crippen LogP contribution is -2.29. The zero-order valence-corrected chi connectivity index (χ0v) is 20.7. The minimum absolute atomic E-state index is 0.0759. The molecule has 3 aromatic carbocycles. The van der Waals surface area contributed by atoms with Crippen molar-refractivity contribution in [3.63, 3.8) is 0 Å². The number of aliphatic hydroxyl groups is 1. The summed E-state index contributed by atoms with van der Waals surface area (Å²) in [6.07, 6.45) is 0.896. The fourth-order valence-electron chi connectivity index (χ4n) is 4.44. The van der Waals surface area contributed by atoms with E-state index in [4.69, 9.17) is 4.98 Å². The monoisotopic (exact) mass is 482 g/mol. The SMILES string of the molecule is CCc1ccc2nc(N3C(=O)C(=O)/C(=C(/O)c4ccccc4)[C@@H]3c3ccc(C(C)C)cc3)sc2c1. The van der Waals surface area contributed by atoms with Crippen molar-refractivity contribution >= 4 is 44.1 Å². The second-order valence-electron chi connectivity index (χ2n) is 9.01. The largest absolute Gasteiger partial charge is 0.507 e. The summed E-state index contributed by atoms with van der Waals surface area (Å²) in [5.74, 6) is -1.23. The summed E-state index contributed by atoms with van der Waals surface area (Å²) in [6, 6.07) is 22.0. The van der Waals surface area contributed by atoms with E-state index in [1.807, 2.05) is 42.5 Å². The van der Waals surface area contributed by atoms with Gasteiger partial charge in [-0.25, -0.2) is 4.98 Å². The lowest BCUT2D eigenvalue weighted by atomic mass is 9.93. The molecule has 0 spiro atoms. The number of nitrogens with zero attached hydrogens (tertiary/aromatic N) is 2. The molecule has 1 aromatic heterocycles. The number of aromatic nitrogens is 1. The van der Waals surface area contributed by atoms with Crippen molar-refractivity contribution in [3.05, 3.63) is 101 Å². The van der Waals surface area contributed by atoms with Crippen LogP contribution in [0.2, 0.25) is 0 Å². The van der Waals surface area contributed by atoms with Crippen molar-refractivity contribution in [2.24, 2.45) is 0 Å². The van der Waals surface area contributed by atoms with E-state index >= 15 is 0 Å². The van der Waals surface area contributed by atoms with Crippen molar-refractivity contribution in [3.8, 4) is 0 Å². The minimum atomic E-state index is -0.775. The van der Waals surface area contributed by atoms with E-state index in [2.05, 4.69) is 26.8 Å². The van der Waals surface area contributed by atoms with E-state index in [0.717, 1.165) is 27.8 Å². The van der Waals surface area contributed by atoms with Crippen molar-refractivity contribution in [1.29, 1.82) is 0 Å². The first kappa shape index (κ1) is 23.0. The molecule has 0 bridgehead atoms. The summed E-state index contributed by atoms with van der Waals surface area (Å²) < 4.78 is 0.957. The quantitative estimate of drug-likeness (QED) is 0.197. The molecule has 1 fully saturated rings. The maximum atomic E-state index is 13.4. The molecular formula is C29H26N2O3S. The van der Waals surface area contributed by atoms with Gasteiger partial charge in [-0.2, -0.15) is 0 Å². The number of ketones is 1. The van der Waals surface area contributed by atoms with Gasteiger partial charge < -0.3 is 5.11 Å². The molecule has 2 heterocycles. The fourth-order valence-corrected chi connectivity index (χ4v) is 5.50. The Bertz CT molecular complexity index is 1450. The van der Waals surface area contributed by atoms with Crippen LogP contribution in [-0.4, -0.2) is 21.8 Å². The molecule has 1 atom stereocenters. The molecule has 1 N–H and O–H groups in total. The summed E-state index contributed by atoms with van der Waals surface area (Å²) >= 11 is 1.38. The molecule has 1 aliphatic rings. The summed E-state index contributed by atoms with van der Waals surface area (Å²) in [6.45, 7) is 6.32. The smallest absolute Gasteiger partial charge is 0.301 e. The Labute approximate surface area is 208 Å². The number of Topliss-reactive ketones (excluding diaryl/α,β-unsaturated/α-hetero) is 1. The van der Waals surface area contributed by atoms with Crippen molar-refractivity contribution < 1.29 is 14.7 Å². The van der Waals surface area contributed by atoms with Gasteiger partial charge in [0.1, 0.15) is 5.76 Å². The highest BCUT2D eigenvalue weighted by Crippen LogP contribution is 2.44. The number of benzene rings is 3. The zero-order chi connectivity index (χ0) is 24.7.